The molecule has 5 nitrogen and oxygen atoms in total. The van der Waals surface area contributed by atoms with E-state index in [1.807, 2.05) is 22.9 Å². The number of hydrogen-bond acceptors (Lipinski definition) is 4. The van der Waals surface area contributed by atoms with E-state index in [2.05, 4.69) is 38.4 Å². The summed E-state index contributed by atoms with van der Waals surface area (Å²) < 4.78 is 8.69. The SMILES string of the molecule is OC1CCOc2cc(-c3ccc4c(nnn4CC4CC4)c3Br)ccc21. The van der Waals surface area contributed by atoms with Gasteiger partial charge >= 0.3 is 0 Å². The van der Waals surface area contributed by atoms with Gasteiger partial charge in [-0.1, -0.05) is 23.4 Å². The van der Waals surface area contributed by atoms with Crippen LogP contribution in [0, 0.1) is 5.92 Å². The van der Waals surface area contributed by atoms with Gasteiger partial charge in [-0.25, -0.2) is 4.68 Å². The summed E-state index contributed by atoms with van der Waals surface area (Å²) in [5, 5.41) is 18.8. The lowest BCUT2D eigenvalue weighted by molar-refractivity contribution is 0.115. The third-order valence-electron chi connectivity index (χ3n) is 5.09. The molecule has 5 rings (SSSR count). The lowest BCUT2D eigenvalue weighted by Gasteiger charge is -2.22. The van der Waals surface area contributed by atoms with E-state index in [1.165, 1.54) is 12.8 Å². The highest BCUT2D eigenvalue weighted by atomic mass is 79.9. The normalized spacial score (nSPS) is 19.7. The molecule has 1 unspecified atom stereocenters. The first-order valence-corrected chi connectivity index (χ1v) is 9.47. The van der Waals surface area contributed by atoms with Crippen LogP contribution in [0.4, 0.5) is 0 Å². The highest BCUT2D eigenvalue weighted by molar-refractivity contribution is 9.10. The number of nitrogens with zero attached hydrogens (tertiary/aromatic N) is 3. The minimum Gasteiger partial charge on any atom is -0.493 e. The number of aromatic nitrogens is 3. The summed E-state index contributed by atoms with van der Waals surface area (Å²) in [6.45, 7) is 1.50. The molecule has 3 aromatic rings. The Hall–Kier alpha value is -1.92. The predicted molar refractivity (Wildman–Crippen MR) is 98.5 cm³/mol. The Balaban J connectivity index is 1.57. The van der Waals surface area contributed by atoms with Crippen molar-refractivity contribution in [2.45, 2.75) is 31.9 Å². The lowest BCUT2D eigenvalue weighted by Crippen LogP contribution is -2.13. The molecule has 128 valence electrons. The van der Waals surface area contributed by atoms with Gasteiger partial charge in [0.2, 0.25) is 0 Å². The van der Waals surface area contributed by atoms with Crippen molar-refractivity contribution in [3.8, 4) is 16.9 Å². The highest BCUT2D eigenvalue weighted by Gasteiger charge is 2.24. The molecule has 1 aliphatic carbocycles. The number of hydrogen-bond donors (Lipinski definition) is 1. The van der Waals surface area contributed by atoms with Crippen molar-refractivity contribution in [3.63, 3.8) is 0 Å². The van der Waals surface area contributed by atoms with Crippen molar-refractivity contribution in [1.29, 1.82) is 0 Å². The van der Waals surface area contributed by atoms with Gasteiger partial charge in [0.15, 0.2) is 0 Å². The van der Waals surface area contributed by atoms with Crippen molar-refractivity contribution in [2.24, 2.45) is 5.92 Å². The van der Waals surface area contributed by atoms with E-state index in [0.717, 1.165) is 50.4 Å². The molecule has 2 aliphatic rings. The quantitative estimate of drug-likeness (QED) is 0.720. The lowest BCUT2D eigenvalue weighted by atomic mass is 9.98. The predicted octanol–water partition coefficient (Wildman–Crippen LogP) is 4.09. The maximum absolute atomic E-state index is 10.1. The van der Waals surface area contributed by atoms with Gasteiger partial charge in [-0.3, -0.25) is 0 Å². The molecule has 0 saturated heterocycles. The van der Waals surface area contributed by atoms with Crippen LogP contribution in [0.2, 0.25) is 0 Å². The molecule has 1 fully saturated rings. The fourth-order valence-electron chi connectivity index (χ4n) is 3.45. The third-order valence-corrected chi connectivity index (χ3v) is 5.89. The maximum Gasteiger partial charge on any atom is 0.127 e. The topological polar surface area (TPSA) is 60.2 Å². The van der Waals surface area contributed by atoms with Gasteiger partial charge in [-0.15, -0.1) is 5.10 Å². The van der Waals surface area contributed by atoms with Crippen molar-refractivity contribution in [3.05, 3.63) is 40.4 Å². The Bertz CT molecular complexity index is 965. The maximum atomic E-state index is 10.1. The van der Waals surface area contributed by atoms with Gasteiger partial charge < -0.3 is 9.84 Å². The molecule has 0 radical (unpaired) electrons. The summed E-state index contributed by atoms with van der Waals surface area (Å²) in [5.74, 6) is 1.52. The molecule has 2 aromatic carbocycles. The highest BCUT2D eigenvalue weighted by Crippen LogP contribution is 2.39. The summed E-state index contributed by atoms with van der Waals surface area (Å²) >= 11 is 3.72. The molecule has 0 bridgehead atoms. The molecule has 1 atom stereocenters. The standard InChI is InChI=1S/C19H18BrN3O2/c20-18-13(12-3-4-14-16(24)7-8-25-17(14)9-12)5-6-15-19(18)21-22-23(15)10-11-1-2-11/h3-6,9,11,16,24H,1-2,7-8,10H2. The monoisotopic (exact) mass is 399 g/mol. The van der Waals surface area contributed by atoms with Crippen LogP contribution in [0.3, 0.4) is 0 Å². The number of benzene rings is 2. The van der Waals surface area contributed by atoms with Gasteiger partial charge in [0.25, 0.3) is 0 Å². The fourth-order valence-corrected chi connectivity index (χ4v) is 4.09. The van der Waals surface area contributed by atoms with Crippen LogP contribution in [-0.2, 0) is 6.54 Å². The van der Waals surface area contributed by atoms with Gasteiger partial charge in [-0.05, 0) is 57.9 Å². The van der Waals surface area contributed by atoms with Gasteiger partial charge in [0.1, 0.15) is 11.3 Å². The Kier molecular flexibility index (Phi) is 3.57. The van der Waals surface area contributed by atoms with Gasteiger partial charge in [-0.2, -0.15) is 0 Å². The van der Waals surface area contributed by atoms with E-state index in [-0.39, 0.29) is 0 Å². The Morgan fingerprint density at radius 1 is 1.20 bits per heavy atom. The van der Waals surface area contributed by atoms with Crippen molar-refractivity contribution in [1.82, 2.24) is 15.0 Å². The average Bonchev–Trinajstić information content (AvgIpc) is 3.34. The van der Waals surface area contributed by atoms with Crippen molar-refractivity contribution < 1.29 is 9.84 Å². The second-order valence-electron chi connectivity index (χ2n) is 6.92. The van der Waals surface area contributed by atoms with Crippen LogP contribution in [0.5, 0.6) is 5.75 Å². The molecule has 1 saturated carbocycles. The number of rotatable bonds is 3. The first kappa shape index (κ1) is 15.3. The number of ether oxygens (including phenoxy) is 1. The summed E-state index contributed by atoms with van der Waals surface area (Å²) in [5.41, 5.74) is 4.90. The molecule has 6 heteroatoms. The minimum atomic E-state index is -0.439. The zero-order valence-corrected chi connectivity index (χ0v) is 15.2. The van der Waals surface area contributed by atoms with Gasteiger partial charge in [0.05, 0.1) is 22.7 Å². The molecule has 2 heterocycles. The average molecular weight is 400 g/mol. The van der Waals surface area contributed by atoms with Crippen LogP contribution in [-0.4, -0.2) is 26.7 Å². The van der Waals surface area contributed by atoms with E-state index in [1.54, 1.807) is 0 Å². The molecule has 1 N–H and O–H groups in total. The van der Waals surface area contributed by atoms with E-state index >= 15 is 0 Å². The molecule has 1 aromatic heterocycles. The first-order valence-electron chi connectivity index (χ1n) is 8.67. The Morgan fingerprint density at radius 2 is 2.08 bits per heavy atom. The number of fused-ring (bicyclic) bond motifs is 2. The van der Waals surface area contributed by atoms with Gasteiger partial charge in [0, 0.05) is 18.5 Å². The second-order valence-corrected chi connectivity index (χ2v) is 7.71. The van der Waals surface area contributed by atoms with Crippen LogP contribution in [0.15, 0.2) is 34.8 Å². The van der Waals surface area contributed by atoms with Crippen molar-refractivity contribution >= 4 is 27.0 Å². The first-order chi connectivity index (χ1) is 12.2. The van der Waals surface area contributed by atoms with Crippen LogP contribution < -0.4 is 4.74 Å². The van der Waals surface area contributed by atoms with Crippen molar-refractivity contribution in [2.75, 3.05) is 6.61 Å². The molecular formula is C19H18BrN3O2. The molecule has 0 amide bonds. The van der Waals surface area contributed by atoms with Crippen LogP contribution >= 0.6 is 15.9 Å². The van der Waals surface area contributed by atoms with Crippen LogP contribution in [0.25, 0.3) is 22.2 Å². The number of halogens is 1. The second kappa shape index (κ2) is 5.81. The third kappa shape index (κ3) is 2.64. The fraction of sp³-hybridized carbons (Fsp3) is 0.368. The molecule has 25 heavy (non-hydrogen) atoms. The zero-order chi connectivity index (χ0) is 17.0. The molecular weight excluding hydrogens is 382 g/mol. The number of aliphatic hydroxyl groups excluding tert-OH is 1. The van der Waals surface area contributed by atoms with Crippen LogP contribution in [0.1, 0.15) is 30.9 Å². The molecule has 0 spiro atoms. The number of aliphatic hydroxyl groups is 1. The smallest absolute Gasteiger partial charge is 0.127 e. The Labute approximate surface area is 153 Å². The van der Waals surface area contributed by atoms with E-state index in [9.17, 15) is 5.11 Å². The van der Waals surface area contributed by atoms with E-state index in [4.69, 9.17) is 4.74 Å². The Morgan fingerprint density at radius 3 is 2.92 bits per heavy atom. The zero-order valence-electron chi connectivity index (χ0n) is 13.7. The summed E-state index contributed by atoms with van der Waals surface area (Å²) in [6, 6.07) is 10.2. The minimum absolute atomic E-state index is 0.439. The summed E-state index contributed by atoms with van der Waals surface area (Å²) in [7, 11) is 0. The largest absolute Gasteiger partial charge is 0.493 e. The van der Waals surface area contributed by atoms with E-state index < -0.39 is 6.10 Å². The summed E-state index contributed by atoms with van der Waals surface area (Å²) in [4.78, 5) is 0. The summed E-state index contributed by atoms with van der Waals surface area (Å²) in [6.07, 6.45) is 2.79. The molecule has 1 aliphatic heterocycles. The van der Waals surface area contributed by atoms with E-state index in [0.29, 0.717) is 13.0 Å².